The third-order valence-electron chi connectivity index (χ3n) is 3.70. The summed E-state index contributed by atoms with van der Waals surface area (Å²) in [5.41, 5.74) is 0. The van der Waals surface area contributed by atoms with Crippen molar-refractivity contribution in [2.24, 2.45) is 11.8 Å². The molecule has 4 nitrogen and oxygen atoms in total. The summed E-state index contributed by atoms with van der Waals surface area (Å²) in [4.78, 5) is 0. The standard InChI is InChI=1S/C14H23ClN2O2S2/c1-11(2)9-16-10-12-5-7-17(8-6-12)21(18,19)14-4-3-13(15)20-14/h3-4,11-12,16H,5-10H2,1-2H3. The van der Waals surface area contributed by atoms with Crippen molar-refractivity contribution in [1.29, 1.82) is 0 Å². The lowest BCUT2D eigenvalue weighted by atomic mass is 9.98. The van der Waals surface area contributed by atoms with E-state index in [9.17, 15) is 8.42 Å². The third-order valence-corrected chi connectivity index (χ3v) is 7.30. The zero-order chi connectivity index (χ0) is 15.5. The maximum Gasteiger partial charge on any atom is 0.252 e. The van der Waals surface area contributed by atoms with Gasteiger partial charge in [-0.2, -0.15) is 4.31 Å². The molecule has 21 heavy (non-hydrogen) atoms. The summed E-state index contributed by atoms with van der Waals surface area (Å²) in [6.45, 7) is 7.59. The van der Waals surface area contributed by atoms with E-state index in [-0.39, 0.29) is 0 Å². The van der Waals surface area contributed by atoms with E-state index in [0.717, 1.165) is 37.3 Å². The third kappa shape index (κ3) is 4.66. The number of nitrogens with one attached hydrogen (secondary N) is 1. The number of halogens is 1. The maximum atomic E-state index is 12.5. The normalized spacial score (nSPS) is 18.5. The Labute approximate surface area is 136 Å². The van der Waals surface area contributed by atoms with Crippen molar-refractivity contribution >= 4 is 33.0 Å². The summed E-state index contributed by atoms with van der Waals surface area (Å²) in [6, 6.07) is 3.24. The van der Waals surface area contributed by atoms with E-state index < -0.39 is 10.0 Å². The molecule has 0 amide bonds. The number of hydrogen-bond acceptors (Lipinski definition) is 4. The SMILES string of the molecule is CC(C)CNCC1CCN(S(=O)(=O)c2ccc(Cl)s2)CC1. The molecule has 0 radical (unpaired) electrons. The fourth-order valence-electron chi connectivity index (χ4n) is 2.49. The van der Waals surface area contributed by atoms with Crippen LogP contribution in [0.4, 0.5) is 0 Å². The van der Waals surface area contributed by atoms with Crippen LogP contribution in [0.5, 0.6) is 0 Å². The number of sulfonamides is 1. The molecule has 1 aliphatic rings. The molecule has 0 bridgehead atoms. The number of piperidine rings is 1. The van der Waals surface area contributed by atoms with Crippen LogP contribution in [-0.2, 0) is 10.0 Å². The van der Waals surface area contributed by atoms with Crippen LogP contribution in [0.25, 0.3) is 0 Å². The van der Waals surface area contributed by atoms with Gasteiger partial charge in [-0.3, -0.25) is 0 Å². The summed E-state index contributed by atoms with van der Waals surface area (Å²) in [7, 11) is -3.35. The van der Waals surface area contributed by atoms with E-state index in [1.165, 1.54) is 0 Å². The molecule has 1 saturated heterocycles. The minimum atomic E-state index is -3.35. The average molecular weight is 351 g/mol. The van der Waals surface area contributed by atoms with Gasteiger partial charge in [-0.15, -0.1) is 11.3 Å². The first-order valence-electron chi connectivity index (χ1n) is 7.36. The largest absolute Gasteiger partial charge is 0.316 e. The Hall–Kier alpha value is -0.140. The zero-order valence-electron chi connectivity index (χ0n) is 12.5. The number of nitrogens with zero attached hydrogens (tertiary/aromatic N) is 1. The Balaban J connectivity index is 1.86. The smallest absolute Gasteiger partial charge is 0.252 e. The molecule has 2 rings (SSSR count). The fourth-order valence-corrected chi connectivity index (χ4v) is 5.60. The molecule has 1 aromatic heterocycles. The van der Waals surface area contributed by atoms with E-state index in [1.807, 2.05) is 0 Å². The van der Waals surface area contributed by atoms with Gasteiger partial charge in [0.2, 0.25) is 0 Å². The Morgan fingerprint density at radius 3 is 2.57 bits per heavy atom. The second kappa shape index (κ2) is 7.42. The molecule has 1 aliphatic heterocycles. The van der Waals surface area contributed by atoms with Gasteiger partial charge in [0.15, 0.2) is 0 Å². The van der Waals surface area contributed by atoms with Gasteiger partial charge in [0.25, 0.3) is 10.0 Å². The van der Waals surface area contributed by atoms with Crippen LogP contribution >= 0.6 is 22.9 Å². The molecule has 2 heterocycles. The molecule has 0 spiro atoms. The number of thiophene rings is 1. The van der Waals surface area contributed by atoms with Crippen LogP contribution in [0.3, 0.4) is 0 Å². The van der Waals surface area contributed by atoms with Crippen molar-refractivity contribution in [3.05, 3.63) is 16.5 Å². The lowest BCUT2D eigenvalue weighted by Gasteiger charge is -2.31. The monoisotopic (exact) mass is 350 g/mol. The highest BCUT2D eigenvalue weighted by Crippen LogP contribution is 2.30. The summed E-state index contributed by atoms with van der Waals surface area (Å²) in [6.07, 6.45) is 1.84. The molecular weight excluding hydrogens is 328 g/mol. The molecule has 120 valence electrons. The lowest BCUT2D eigenvalue weighted by Crippen LogP contribution is -2.40. The van der Waals surface area contributed by atoms with Gasteiger partial charge in [-0.1, -0.05) is 25.4 Å². The predicted octanol–water partition coefficient (Wildman–Crippen LogP) is 3.05. The Bertz CT molecular complexity index is 549. The van der Waals surface area contributed by atoms with Crippen LogP contribution < -0.4 is 5.32 Å². The van der Waals surface area contributed by atoms with Crippen LogP contribution in [0.2, 0.25) is 4.34 Å². The minimum Gasteiger partial charge on any atom is -0.316 e. The lowest BCUT2D eigenvalue weighted by molar-refractivity contribution is 0.266. The molecule has 7 heteroatoms. The molecule has 1 aromatic rings. The second-order valence-electron chi connectivity index (χ2n) is 5.96. The van der Waals surface area contributed by atoms with E-state index in [4.69, 9.17) is 11.6 Å². The van der Waals surface area contributed by atoms with Crippen LogP contribution in [-0.4, -0.2) is 38.9 Å². The van der Waals surface area contributed by atoms with Gasteiger partial charge in [-0.05, 0) is 49.9 Å². The van der Waals surface area contributed by atoms with E-state index in [2.05, 4.69) is 19.2 Å². The number of hydrogen-bond donors (Lipinski definition) is 1. The summed E-state index contributed by atoms with van der Waals surface area (Å²) >= 11 is 6.97. The van der Waals surface area contributed by atoms with Gasteiger partial charge in [0, 0.05) is 13.1 Å². The number of rotatable bonds is 6. The van der Waals surface area contributed by atoms with Crippen molar-refractivity contribution in [2.45, 2.75) is 30.9 Å². The van der Waals surface area contributed by atoms with Gasteiger partial charge >= 0.3 is 0 Å². The Kier molecular flexibility index (Phi) is 6.08. The van der Waals surface area contributed by atoms with Crippen LogP contribution in [0.1, 0.15) is 26.7 Å². The topological polar surface area (TPSA) is 49.4 Å². The van der Waals surface area contributed by atoms with Gasteiger partial charge < -0.3 is 5.32 Å². The molecular formula is C14H23ClN2O2S2. The van der Waals surface area contributed by atoms with Crippen molar-refractivity contribution in [3.8, 4) is 0 Å². The summed E-state index contributed by atoms with van der Waals surface area (Å²) < 4.78 is 27.4. The minimum absolute atomic E-state index is 0.351. The van der Waals surface area contributed by atoms with Gasteiger partial charge in [-0.25, -0.2) is 8.42 Å². The molecule has 0 unspecified atom stereocenters. The molecule has 1 fully saturated rings. The van der Waals surface area contributed by atoms with Crippen molar-refractivity contribution in [1.82, 2.24) is 9.62 Å². The van der Waals surface area contributed by atoms with Crippen LogP contribution in [0, 0.1) is 11.8 Å². The average Bonchev–Trinajstić information content (AvgIpc) is 2.86. The first kappa shape index (κ1) is 17.2. The second-order valence-corrected chi connectivity index (χ2v) is 9.84. The summed E-state index contributed by atoms with van der Waals surface area (Å²) in [5, 5.41) is 3.46. The van der Waals surface area contributed by atoms with Gasteiger partial charge in [0.1, 0.15) is 4.21 Å². The first-order chi connectivity index (χ1) is 9.89. The maximum absolute atomic E-state index is 12.5. The van der Waals surface area contributed by atoms with Gasteiger partial charge in [0.05, 0.1) is 4.34 Å². The molecule has 0 saturated carbocycles. The van der Waals surface area contributed by atoms with Crippen LogP contribution in [0.15, 0.2) is 16.3 Å². The molecule has 0 atom stereocenters. The highest BCUT2D eigenvalue weighted by molar-refractivity contribution is 7.91. The van der Waals surface area contributed by atoms with E-state index in [1.54, 1.807) is 16.4 Å². The van der Waals surface area contributed by atoms with E-state index in [0.29, 0.717) is 33.5 Å². The first-order valence-corrected chi connectivity index (χ1v) is 9.99. The molecule has 1 N–H and O–H groups in total. The molecule has 0 aromatic carbocycles. The predicted molar refractivity (Wildman–Crippen MR) is 88.5 cm³/mol. The van der Waals surface area contributed by atoms with E-state index >= 15 is 0 Å². The van der Waals surface area contributed by atoms with Crippen molar-refractivity contribution < 1.29 is 8.42 Å². The molecule has 0 aliphatic carbocycles. The Morgan fingerprint density at radius 2 is 2.05 bits per heavy atom. The Morgan fingerprint density at radius 1 is 1.38 bits per heavy atom. The fraction of sp³-hybridized carbons (Fsp3) is 0.714. The quantitative estimate of drug-likeness (QED) is 0.857. The highest BCUT2D eigenvalue weighted by atomic mass is 35.5. The highest BCUT2D eigenvalue weighted by Gasteiger charge is 2.30. The van der Waals surface area contributed by atoms with Crippen molar-refractivity contribution in [3.63, 3.8) is 0 Å². The summed E-state index contributed by atoms with van der Waals surface area (Å²) in [5.74, 6) is 1.22. The zero-order valence-corrected chi connectivity index (χ0v) is 14.9. The van der Waals surface area contributed by atoms with Crippen molar-refractivity contribution in [2.75, 3.05) is 26.2 Å².